The fraction of sp³-hybridized carbons (Fsp3) is 0.238. The molecule has 1 amide bonds. The third kappa shape index (κ3) is 3.86. The van der Waals surface area contributed by atoms with Crippen molar-refractivity contribution in [3.05, 3.63) is 67.3 Å². The minimum atomic E-state index is -0.165. The Balaban J connectivity index is 1.41. The number of rotatable bonds is 5. The maximum atomic E-state index is 12.6. The van der Waals surface area contributed by atoms with Gasteiger partial charge >= 0.3 is 0 Å². The molecule has 0 aliphatic heterocycles. The smallest absolute Gasteiger partial charge is 0.262 e. The van der Waals surface area contributed by atoms with E-state index in [4.69, 9.17) is 0 Å². The summed E-state index contributed by atoms with van der Waals surface area (Å²) in [4.78, 5) is 34.8. The van der Waals surface area contributed by atoms with Crippen LogP contribution in [-0.2, 0) is 13.5 Å². The molecule has 148 valence electrons. The number of nitrogens with zero attached hydrogens (tertiary/aromatic N) is 3. The zero-order chi connectivity index (χ0) is 20.5. The zero-order valence-electron chi connectivity index (χ0n) is 16.4. The van der Waals surface area contributed by atoms with Crippen molar-refractivity contribution in [2.45, 2.75) is 20.3 Å². The third-order valence-corrected chi connectivity index (χ3v) is 6.76. The van der Waals surface area contributed by atoms with Crippen molar-refractivity contribution in [2.24, 2.45) is 7.05 Å². The number of carbonyl (C=O) groups excluding carboxylic acids is 1. The molecule has 0 atom stereocenters. The number of aryl methyl sites for hydroxylation is 3. The highest BCUT2D eigenvalue weighted by molar-refractivity contribution is 7.20. The van der Waals surface area contributed by atoms with Gasteiger partial charge in [0, 0.05) is 24.5 Å². The molecule has 0 saturated carbocycles. The van der Waals surface area contributed by atoms with Gasteiger partial charge < -0.3 is 9.88 Å². The van der Waals surface area contributed by atoms with Gasteiger partial charge in [-0.3, -0.25) is 9.59 Å². The number of amides is 1. The van der Waals surface area contributed by atoms with Crippen molar-refractivity contribution < 1.29 is 4.79 Å². The van der Waals surface area contributed by atoms with E-state index < -0.39 is 0 Å². The highest BCUT2D eigenvalue weighted by Crippen LogP contribution is 2.26. The van der Waals surface area contributed by atoms with E-state index in [-0.39, 0.29) is 11.5 Å². The lowest BCUT2D eigenvalue weighted by Crippen LogP contribution is -2.25. The quantitative estimate of drug-likeness (QED) is 0.530. The van der Waals surface area contributed by atoms with E-state index in [1.807, 2.05) is 6.92 Å². The molecule has 1 aromatic carbocycles. The van der Waals surface area contributed by atoms with E-state index in [9.17, 15) is 9.59 Å². The second kappa shape index (κ2) is 7.88. The number of aromatic nitrogens is 3. The molecule has 0 fully saturated rings. The average molecular weight is 425 g/mol. The van der Waals surface area contributed by atoms with Crippen LogP contribution in [0.3, 0.4) is 0 Å². The molecule has 4 aromatic rings. The normalized spacial score (nSPS) is 11.1. The van der Waals surface area contributed by atoms with Crippen LogP contribution in [0.4, 0.5) is 0 Å². The summed E-state index contributed by atoms with van der Waals surface area (Å²) in [6, 6.07) is 8.25. The molecule has 0 unspecified atom stereocenters. The van der Waals surface area contributed by atoms with Gasteiger partial charge in [0.15, 0.2) is 0 Å². The van der Waals surface area contributed by atoms with E-state index in [1.54, 1.807) is 25.3 Å². The molecule has 0 radical (unpaired) electrons. The molecule has 0 aliphatic rings. The van der Waals surface area contributed by atoms with Gasteiger partial charge in [-0.25, -0.2) is 9.97 Å². The summed E-state index contributed by atoms with van der Waals surface area (Å²) in [6.07, 6.45) is 2.21. The van der Waals surface area contributed by atoms with Crippen LogP contribution in [0.5, 0.6) is 0 Å². The lowest BCUT2D eigenvalue weighted by molar-refractivity contribution is 0.0957. The van der Waals surface area contributed by atoms with Crippen LogP contribution < -0.4 is 10.9 Å². The van der Waals surface area contributed by atoms with Gasteiger partial charge in [0.05, 0.1) is 27.3 Å². The molecule has 3 heterocycles. The summed E-state index contributed by atoms with van der Waals surface area (Å²) in [5.74, 6) is -0.165. The number of carbonyl (C=O) groups is 1. The van der Waals surface area contributed by atoms with E-state index in [0.29, 0.717) is 27.2 Å². The van der Waals surface area contributed by atoms with Gasteiger partial charge in [0.1, 0.15) is 4.83 Å². The number of fused-ring (bicyclic) bond motifs is 1. The predicted molar refractivity (Wildman–Crippen MR) is 118 cm³/mol. The first kappa shape index (κ1) is 19.5. The second-order valence-electron chi connectivity index (χ2n) is 6.85. The fourth-order valence-electron chi connectivity index (χ4n) is 3.16. The molecule has 1 N–H and O–H groups in total. The highest BCUT2D eigenvalue weighted by atomic mass is 32.1. The lowest BCUT2D eigenvalue weighted by atomic mass is 10.1. The van der Waals surface area contributed by atoms with Crippen LogP contribution in [0.1, 0.15) is 25.8 Å². The summed E-state index contributed by atoms with van der Waals surface area (Å²) in [6.45, 7) is 4.32. The maximum absolute atomic E-state index is 12.6. The molecule has 0 aliphatic carbocycles. The van der Waals surface area contributed by atoms with E-state index >= 15 is 0 Å². The second-order valence-corrected chi connectivity index (χ2v) is 8.91. The lowest BCUT2D eigenvalue weighted by Gasteiger charge is -2.06. The molecule has 6 nitrogen and oxygen atoms in total. The molecule has 0 spiro atoms. The van der Waals surface area contributed by atoms with Crippen molar-refractivity contribution in [3.8, 4) is 11.3 Å². The molecule has 8 heteroatoms. The van der Waals surface area contributed by atoms with Crippen molar-refractivity contribution in [1.82, 2.24) is 19.9 Å². The number of hydrogen-bond donors (Lipinski definition) is 1. The maximum Gasteiger partial charge on any atom is 0.262 e. The van der Waals surface area contributed by atoms with Crippen LogP contribution in [-0.4, -0.2) is 27.0 Å². The Kier molecular flexibility index (Phi) is 5.29. The Morgan fingerprint density at radius 2 is 1.97 bits per heavy atom. The standard InChI is InChI=1S/C21H20N4O2S2/c1-12-17-20(23-11-25(3)21(17)27)29-18(12)19(26)22-9-8-14-4-6-15(7-5-14)16-10-28-13(2)24-16/h4-7,10-11H,8-9H2,1-3H3,(H,22,26). The SMILES string of the molecule is Cc1nc(-c2ccc(CCNC(=O)c3sc4ncn(C)c(=O)c4c3C)cc2)cs1. The van der Waals surface area contributed by atoms with E-state index in [0.717, 1.165) is 28.2 Å². The van der Waals surface area contributed by atoms with Crippen molar-refractivity contribution in [1.29, 1.82) is 0 Å². The summed E-state index contributed by atoms with van der Waals surface area (Å²) >= 11 is 2.90. The first-order valence-corrected chi connectivity index (χ1v) is 10.9. The molecule has 3 aromatic heterocycles. The highest BCUT2D eigenvalue weighted by Gasteiger charge is 2.18. The Bertz CT molecular complexity index is 1250. The number of hydrogen-bond acceptors (Lipinski definition) is 6. The molecule has 4 rings (SSSR count). The number of thiophene rings is 1. The average Bonchev–Trinajstić information content (AvgIpc) is 3.29. The largest absolute Gasteiger partial charge is 0.351 e. The van der Waals surface area contributed by atoms with Crippen LogP contribution >= 0.6 is 22.7 Å². The summed E-state index contributed by atoms with van der Waals surface area (Å²) < 4.78 is 1.43. The monoisotopic (exact) mass is 424 g/mol. The molecule has 0 bridgehead atoms. The van der Waals surface area contributed by atoms with Gasteiger partial charge in [0.25, 0.3) is 11.5 Å². The Morgan fingerprint density at radius 1 is 1.21 bits per heavy atom. The van der Waals surface area contributed by atoms with Gasteiger partial charge in [-0.1, -0.05) is 24.3 Å². The van der Waals surface area contributed by atoms with Gasteiger partial charge in [-0.15, -0.1) is 22.7 Å². The van der Waals surface area contributed by atoms with Crippen LogP contribution in [0.2, 0.25) is 0 Å². The van der Waals surface area contributed by atoms with Crippen LogP contribution in [0.15, 0.2) is 40.8 Å². The first-order valence-electron chi connectivity index (χ1n) is 9.18. The fourth-order valence-corrected chi connectivity index (χ4v) is 4.84. The summed E-state index contributed by atoms with van der Waals surface area (Å²) in [5.41, 5.74) is 3.80. The Hall–Kier alpha value is -2.84. The van der Waals surface area contributed by atoms with Crippen LogP contribution in [0, 0.1) is 13.8 Å². The van der Waals surface area contributed by atoms with Gasteiger partial charge in [-0.2, -0.15) is 0 Å². The summed E-state index contributed by atoms with van der Waals surface area (Å²) in [7, 11) is 1.66. The minimum absolute atomic E-state index is 0.127. The topological polar surface area (TPSA) is 76.9 Å². The number of benzene rings is 1. The minimum Gasteiger partial charge on any atom is -0.351 e. The Morgan fingerprint density at radius 3 is 2.66 bits per heavy atom. The number of thiazole rings is 1. The summed E-state index contributed by atoms with van der Waals surface area (Å²) in [5, 5.41) is 6.59. The third-order valence-electron chi connectivity index (χ3n) is 4.78. The van der Waals surface area contributed by atoms with Gasteiger partial charge in [-0.05, 0) is 31.4 Å². The van der Waals surface area contributed by atoms with Crippen molar-refractivity contribution in [3.63, 3.8) is 0 Å². The van der Waals surface area contributed by atoms with Gasteiger partial charge in [0.2, 0.25) is 0 Å². The van der Waals surface area contributed by atoms with Crippen molar-refractivity contribution >= 4 is 38.8 Å². The number of nitrogens with one attached hydrogen (secondary N) is 1. The Labute approximate surface area is 175 Å². The predicted octanol–water partition coefficient (Wildman–Crippen LogP) is 3.71. The molecular formula is C21H20N4O2S2. The van der Waals surface area contributed by atoms with Crippen LogP contribution in [0.25, 0.3) is 21.5 Å². The molecular weight excluding hydrogens is 404 g/mol. The molecule has 0 saturated heterocycles. The van der Waals surface area contributed by atoms with E-state index in [2.05, 4.69) is 44.9 Å². The van der Waals surface area contributed by atoms with E-state index in [1.165, 1.54) is 22.2 Å². The zero-order valence-corrected chi connectivity index (χ0v) is 18.0. The first-order chi connectivity index (χ1) is 13.9. The molecule has 29 heavy (non-hydrogen) atoms. The van der Waals surface area contributed by atoms with Crippen molar-refractivity contribution in [2.75, 3.05) is 6.54 Å².